The summed E-state index contributed by atoms with van der Waals surface area (Å²) in [6.07, 6.45) is 16.9. The molecule has 0 saturated heterocycles. The third-order valence-corrected chi connectivity index (χ3v) is 7.72. The number of aliphatic carboxylic acids is 3. The van der Waals surface area contributed by atoms with Crippen molar-refractivity contribution in [3.05, 3.63) is 0 Å². The Balaban J connectivity index is 4.95. The predicted octanol–water partition coefficient (Wildman–Crippen LogP) is 7.15. The van der Waals surface area contributed by atoms with Gasteiger partial charge in [0, 0.05) is 6.42 Å². The fourth-order valence-electron chi connectivity index (χ4n) is 5.30. The van der Waals surface area contributed by atoms with Crippen molar-refractivity contribution in [2.24, 2.45) is 5.41 Å². The standard InChI is InChI=1S/C30H54O8/c1-3-5-7-9-10-11-12-13-14-15-16-17-19-21-23-29(27(34)35,25(31)22-20-18-8-6-4-2)30(38,28(36)37)24-26(32)33/h38H,3-24H2,1-2H3,(H,32,33)(H,34,35)(H,36,37). The van der Waals surface area contributed by atoms with E-state index in [2.05, 4.69) is 6.92 Å². The van der Waals surface area contributed by atoms with Crippen molar-refractivity contribution in [2.45, 2.75) is 161 Å². The Morgan fingerprint density at radius 1 is 0.526 bits per heavy atom. The van der Waals surface area contributed by atoms with Crippen LogP contribution in [0.25, 0.3) is 0 Å². The van der Waals surface area contributed by atoms with E-state index < -0.39 is 47.5 Å². The number of Topliss-reactive ketones (excluding diaryl/α,β-unsaturated/α-hetero) is 1. The zero-order chi connectivity index (χ0) is 28.9. The fourth-order valence-corrected chi connectivity index (χ4v) is 5.30. The van der Waals surface area contributed by atoms with Crippen molar-refractivity contribution in [3.8, 4) is 0 Å². The minimum atomic E-state index is -3.22. The van der Waals surface area contributed by atoms with Crippen molar-refractivity contribution in [3.63, 3.8) is 0 Å². The highest BCUT2D eigenvalue weighted by atomic mass is 16.4. The van der Waals surface area contributed by atoms with Crippen molar-refractivity contribution in [1.82, 2.24) is 0 Å². The predicted molar refractivity (Wildman–Crippen MR) is 148 cm³/mol. The first-order valence-corrected chi connectivity index (χ1v) is 15.0. The molecule has 2 atom stereocenters. The van der Waals surface area contributed by atoms with E-state index in [4.69, 9.17) is 0 Å². The van der Waals surface area contributed by atoms with Crippen molar-refractivity contribution in [2.75, 3.05) is 0 Å². The first kappa shape index (κ1) is 36.0. The van der Waals surface area contributed by atoms with Gasteiger partial charge < -0.3 is 20.4 Å². The van der Waals surface area contributed by atoms with Gasteiger partial charge in [-0.15, -0.1) is 0 Å². The van der Waals surface area contributed by atoms with Gasteiger partial charge in [0.05, 0.1) is 6.42 Å². The van der Waals surface area contributed by atoms with Gasteiger partial charge in [-0.05, 0) is 12.8 Å². The highest BCUT2D eigenvalue weighted by Crippen LogP contribution is 2.43. The van der Waals surface area contributed by atoms with Gasteiger partial charge in [-0.2, -0.15) is 0 Å². The highest BCUT2D eigenvalue weighted by molar-refractivity contribution is 6.09. The second-order valence-corrected chi connectivity index (χ2v) is 10.9. The number of rotatable bonds is 27. The molecule has 0 fully saturated rings. The quantitative estimate of drug-likeness (QED) is 0.0631. The Kier molecular flexibility index (Phi) is 19.9. The lowest BCUT2D eigenvalue weighted by Gasteiger charge is -2.39. The molecule has 4 N–H and O–H groups in total. The van der Waals surface area contributed by atoms with E-state index in [-0.39, 0.29) is 12.8 Å². The van der Waals surface area contributed by atoms with E-state index >= 15 is 0 Å². The summed E-state index contributed by atoms with van der Waals surface area (Å²) < 4.78 is 0. The van der Waals surface area contributed by atoms with Gasteiger partial charge in [0.15, 0.2) is 16.8 Å². The third-order valence-electron chi connectivity index (χ3n) is 7.72. The first-order chi connectivity index (χ1) is 18.1. The topological polar surface area (TPSA) is 149 Å². The molecule has 0 rings (SSSR count). The molecule has 38 heavy (non-hydrogen) atoms. The summed E-state index contributed by atoms with van der Waals surface area (Å²) in [7, 11) is 0. The number of hydrogen-bond acceptors (Lipinski definition) is 5. The summed E-state index contributed by atoms with van der Waals surface area (Å²) in [6.45, 7) is 4.25. The van der Waals surface area contributed by atoms with Crippen LogP contribution in [-0.2, 0) is 19.2 Å². The van der Waals surface area contributed by atoms with Crippen LogP contribution < -0.4 is 0 Å². The molecule has 0 spiro atoms. The van der Waals surface area contributed by atoms with Crippen LogP contribution in [-0.4, -0.2) is 49.7 Å². The molecule has 0 saturated carbocycles. The molecular weight excluding hydrogens is 488 g/mol. The number of ketones is 1. The average Bonchev–Trinajstić information content (AvgIpc) is 2.85. The molecule has 0 aliphatic heterocycles. The minimum Gasteiger partial charge on any atom is -0.481 e. The molecule has 0 aromatic rings. The molecule has 0 radical (unpaired) electrons. The van der Waals surface area contributed by atoms with E-state index in [0.717, 1.165) is 44.9 Å². The molecule has 0 aromatic carbocycles. The molecule has 0 aromatic heterocycles. The summed E-state index contributed by atoms with van der Waals surface area (Å²) in [6, 6.07) is 0. The second kappa shape index (κ2) is 20.9. The van der Waals surface area contributed by atoms with Gasteiger partial charge in [0.25, 0.3) is 0 Å². The van der Waals surface area contributed by atoms with Gasteiger partial charge in [-0.25, -0.2) is 4.79 Å². The zero-order valence-electron chi connectivity index (χ0n) is 24.0. The Morgan fingerprint density at radius 3 is 1.24 bits per heavy atom. The molecule has 0 aliphatic carbocycles. The molecule has 0 amide bonds. The van der Waals surface area contributed by atoms with Gasteiger partial charge >= 0.3 is 17.9 Å². The minimum absolute atomic E-state index is 0.205. The third kappa shape index (κ3) is 12.7. The molecule has 0 aliphatic rings. The van der Waals surface area contributed by atoms with Crippen LogP contribution in [0.1, 0.15) is 155 Å². The second-order valence-electron chi connectivity index (χ2n) is 10.9. The smallest absolute Gasteiger partial charge is 0.338 e. The number of carbonyl (C=O) groups is 4. The number of carboxylic acid groups (broad SMARTS) is 3. The van der Waals surface area contributed by atoms with Crippen LogP contribution in [0.4, 0.5) is 0 Å². The van der Waals surface area contributed by atoms with E-state index in [9.17, 15) is 39.6 Å². The maximum atomic E-state index is 13.2. The summed E-state index contributed by atoms with van der Waals surface area (Å²) in [5.74, 6) is -6.33. The Bertz CT molecular complexity index is 692. The zero-order valence-corrected chi connectivity index (χ0v) is 24.0. The van der Waals surface area contributed by atoms with E-state index in [0.29, 0.717) is 19.3 Å². The van der Waals surface area contributed by atoms with Crippen LogP contribution in [0, 0.1) is 5.41 Å². The Labute approximate surface area is 229 Å². The maximum absolute atomic E-state index is 13.2. The number of carbonyl (C=O) groups excluding carboxylic acids is 1. The largest absolute Gasteiger partial charge is 0.481 e. The summed E-state index contributed by atoms with van der Waals surface area (Å²) in [5, 5.41) is 40.1. The fraction of sp³-hybridized carbons (Fsp3) is 0.867. The van der Waals surface area contributed by atoms with Crippen molar-refractivity contribution in [1.29, 1.82) is 0 Å². The molecular formula is C30H54O8. The van der Waals surface area contributed by atoms with E-state index in [1.54, 1.807) is 0 Å². The maximum Gasteiger partial charge on any atom is 0.338 e. The van der Waals surface area contributed by atoms with Crippen LogP contribution in [0.2, 0.25) is 0 Å². The summed E-state index contributed by atoms with van der Waals surface area (Å²) >= 11 is 0. The monoisotopic (exact) mass is 542 g/mol. The van der Waals surface area contributed by atoms with Crippen LogP contribution in [0.3, 0.4) is 0 Å². The van der Waals surface area contributed by atoms with Gasteiger partial charge in [0.2, 0.25) is 0 Å². The summed E-state index contributed by atoms with van der Waals surface area (Å²) in [4.78, 5) is 49.2. The molecule has 0 heterocycles. The number of hydrogen-bond donors (Lipinski definition) is 4. The molecule has 0 bridgehead atoms. The lowest BCUT2D eigenvalue weighted by atomic mass is 9.63. The lowest BCUT2D eigenvalue weighted by Crippen LogP contribution is -2.63. The Hall–Kier alpha value is -1.96. The normalized spacial score (nSPS) is 14.5. The molecule has 8 nitrogen and oxygen atoms in total. The van der Waals surface area contributed by atoms with E-state index in [1.807, 2.05) is 6.92 Å². The SMILES string of the molecule is CCCCCCCCCCCCCCCCC(C(=O)O)(C(=O)CCCCCCC)C(O)(CC(=O)O)C(=O)O. The number of carboxylic acids is 3. The highest BCUT2D eigenvalue weighted by Gasteiger charge is 2.65. The lowest BCUT2D eigenvalue weighted by molar-refractivity contribution is -0.196. The number of unbranched alkanes of at least 4 members (excludes halogenated alkanes) is 17. The van der Waals surface area contributed by atoms with E-state index in [1.165, 1.54) is 51.4 Å². The molecule has 222 valence electrons. The van der Waals surface area contributed by atoms with Gasteiger partial charge in [-0.3, -0.25) is 14.4 Å². The van der Waals surface area contributed by atoms with Crippen LogP contribution >= 0.6 is 0 Å². The average molecular weight is 543 g/mol. The van der Waals surface area contributed by atoms with Crippen LogP contribution in [0.5, 0.6) is 0 Å². The van der Waals surface area contributed by atoms with Gasteiger partial charge in [0.1, 0.15) is 0 Å². The Morgan fingerprint density at radius 2 is 0.895 bits per heavy atom. The van der Waals surface area contributed by atoms with Crippen LogP contribution in [0.15, 0.2) is 0 Å². The molecule has 8 heteroatoms. The summed E-state index contributed by atoms with van der Waals surface area (Å²) in [5.41, 5.74) is -5.92. The number of aliphatic hydroxyl groups is 1. The van der Waals surface area contributed by atoms with Gasteiger partial charge in [-0.1, -0.05) is 129 Å². The van der Waals surface area contributed by atoms with Crippen molar-refractivity contribution >= 4 is 23.7 Å². The molecule has 2 unspecified atom stereocenters. The first-order valence-electron chi connectivity index (χ1n) is 15.0. The van der Waals surface area contributed by atoms with Crippen molar-refractivity contribution < 1.29 is 39.6 Å².